The Balaban J connectivity index is 1.66. The molecule has 4 heterocycles. The van der Waals surface area contributed by atoms with Crippen molar-refractivity contribution in [2.24, 2.45) is 0 Å². The van der Waals surface area contributed by atoms with Crippen LogP contribution >= 0.6 is 0 Å². The van der Waals surface area contributed by atoms with Crippen molar-refractivity contribution in [1.29, 1.82) is 5.26 Å². The van der Waals surface area contributed by atoms with Gasteiger partial charge in [-0.3, -0.25) is 0 Å². The second kappa shape index (κ2) is 7.64. The Kier molecular flexibility index (Phi) is 4.90. The molecule has 0 aromatic carbocycles. The molecule has 1 N–H and O–H groups in total. The van der Waals surface area contributed by atoms with Crippen LogP contribution in [0.5, 0.6) is 5.75 Å². The molecule has 7 nitrogen and oxygen atoms in total. The van der Waals surface area contributed by atoms with Gasteiger partial charge in [0.15, 0.2) is 0 Å². The molecule has 4 rings (SSSR count). The van der Waals surface area contributed by atoms with E-state index < -0.39 is 0 Å². The van der Waals surface area contributed by atoms with E-state index in [0.29, 0.717) is 17.9 Å². The molecule has 0 bridgehead atoms. The van der Waals surface area contributed by atoms with Crippen LogP contribution in [-0.2, 0) is 0 Å². The van der Waals surface area contributed by atoms with Crippen LogP contribution in [0.4, 0.5) is 5.82 Å². The van der Waals surface area contributed by atoms with Gasteiger partial charge in [-0.25, -0.2) is 9.50 Å². The SMILES string of the molecule is CCCOc1ccc2c(C#N)c(-c3ccc(N4CCNCC4)nc3)nn2c1. The molecule has 1 aliphatic heterocycles. The summed E-state index contributed by atoms with van der Waals surface area (Å²) in [6.07, 6.45) is 4.56. The van der Waals surface area contributed by atoms with Crippen molar-refractivity contribution in [2.45, 2.75) is 13.3 Å². The van der Waals surface area contributed by atoms with E-state index in [9.17, 15) is 5.26 Å². The van der Waals surface area contributed by atoms with Crippen LogP contribution in [0.3, 0.4) is 0 Å². The average Bonchev–Trinajstić information content (AvgIpc) is 3.10. The number of anilines is 1. The van der Waals surface area contributed by atoms with Crippen LogP contribution in [0.2, 0.25) is 0 Å². The van der Waals surface area contributed by atoms with Gasteiger partial charge in [0, 0.05) is 37.9 Å². The first kappa shape index (κ1) is 17.3. The summed E-state index contributed by atoms with van der Waals surface area (Å²) in [5, 5.41) is 17.6. The summed E-state index contributed by atoms with van der Waals surface area (Å²) in [4.78, 5) is 6.85. The Bertz CT molecular complexity index is 967. The molecule has 0 unspecified atom stereocenters. The van der Waals surface area contributed by atoms with E-state index in [2.05, 4.69) is 33.3 Å². The van der Waals surface area contributed by atoms with E-state index in [-0.39, 0.29) is 0 Å². The molecule has 1 saturated heterocycles. The second-order valence-corrected chi connectivity index (χ2v) is 6.52. The highest BCUT2D eigenvalue weighted by Crippen LogP contribution is 2.27. The molecule has 27 heavy (non-hydrogen) atoms. The smallest absolute Gasteiger partial charge is 0.137 e. The Morgan fingerprint density at radius 2 is 2.07 bits per heavy atom. The van der Waals surface area contributed by atoms with Gasteiger partial charge < -0.3 is 15.0 Å². The third-order valence-corrected chi connectivity index (χ3v) is 4.65. The summed E-state index contributed by atoms with van der Waals surface area (Å²) in [7, 11) is 0. The molecule has 0 spiro atoms. The van der Waals surface area contributed by atoms with Crippen molar-refractivity contribution in [2.75, 3.05) is 37.7 Å². The van der Waals surface area contributed by atoms with Crippen LogP contribution in [0.1, 0.15) is 18.9 Å². The zero-order chi connectivity index (χ0) is 18.6. The maximum Gasteiger partial charge on any atom is 0.137 e. The molecule has 3 aromatic heterocycles. The van der Waals surface area contributed by atoms with Gasteiger partial charge in [-0.05, 0) is 30.7 Å². The number of hydrogen-bond acceptors (Lipinski definition) is 6. The van der Waals surface area contributed by atoms with Crippen molar-refractivity contribution >= 4 is 11.3 Å². The van der Waals surface area contributed by atoms with Gasteiger partial charge >= 0.3 is 0 Å². The van der Waals surface area contributed by atoms with E-state index in [1.807, 2.05) is 30.5 Å². The lowest BCUT2D eigenvalue weighted by molar-refractivity contribution is 0.315. The minimum absolute atomic E-state index is 0.550. The number of ether oxygens (including phenoxy) is 1. The predicted molar refractivity (Wildman–Crippen MR) is 104 cm³/mol. The van der Waals surface area contributed by atoms with Crippen LogP contribution < -0.4 is 15.0 Å². The van der Waals surface area contributed by atoms with Crippen LogP contribution in [0.25, 0.3) is 16.8 Å². The lowest BCUT2D eigenvalue weighted by Gasteiger charge is -2.28. The highest BCUT2D eigenvalue weighted by molar-refractivity contribution is 5.77. The quantitative estimate of drug-likeness (QED) is 0.751. The highest BCUT2D eigenvalue weighted by atomic mass is 16.5. The maximum atomic E-state index is 9.67. The molecule has 0 radical (unpaired) electrons. The zero-order valence-electron chi connectivity index (χ0n) is 15.4. The number of pyridine rings is 2. The Morgan fingerprint density at radius 1 is 1.22 bits per heavy atom. The summed E-state index contributed by atoms with van der Waals surface area (Å²) in [5.41, 5.74) is 2.80. The second-order valence-electron chi connectivity index (χ2n) is 6.52. The molecule has 0 atom stereocenters. The van der Waals surface area contributed by atoms with Gasteiger partial charge in [0.25, 0.3) is 0 Å². The van der Waals surface area contributed by atoms with Crippen molar-refractivity contribution in [3.05, 3.63) is 42.2 Å². The lowest BCUT2D eigenvalue weighted by atomic mass is 10.1. The third-order valence-electron chi connectivity index (χ3n) is 4.65. The normalized spacial score (nSPS) is 14.3. The highest BCUT2D eigenvalue weighted by Gasteiger charge is 2.17. The number of nitriles is 1. The topological polar surface area (TPSA) is 78.5 Å². The minimum Gasteiger partial charge on any atom is -0.492 e. The van der Waals surface area contributed by atoms with E-state index >= 15 is 0 Å². The van der Waals surface area contributed by atoms with Crippen LogP contribution in [0, 0.1) is 11.3 Å². The van der Waals surface area contributed by atoms with Gasteiger partial charge in [0.05, 0.1) is 18.3 Å². The van der Waals surface area contributed by atoms with Gasteiger partial charge in [-0.1, -0.05) is 6.92 Å². The summed E-state index contributed by atoms with van der Waals surface area (Å²) < 4.78 is 7.38. The molecule has 0 amide bonds. The van der Waals surface area contributed by atoms with Gasteiger partial charge in [0.1, 0.15) is 28.9 Å². The van der Waals surface area contributed by atoms with Crippen molar-refractivity contribution in [1.82, 2.24) is 19.9 Å². The third kappa shape index (κ3) is 3.44. The Hall–Kier alpha value is -3.11. The monoisotopic (exact) mass is 362 g/mol. The maximum absolute atomic E-state index is 9.67. The van der Waals surface area contributed by atoms with Crippen molar-refractivity contribution in [3.8, 4) is 23.1 Å². The van der Waals surface area contributed by atoms with Gasteiger partial charge in [-0.2, -0.15) is 10.4 Å². The molecule has 7 heteroatoms. The summed E-state index contributed by atoms with van der Waals surface area (Å²) in [6.45, 7) is 6.56. The Morgan fingerprint density at radius 3 is 2.78 bits per heavy atom. The number of piperazine rings is 1. The molecule has 0 aliphatic carbocycles. The number of nitrogens with zero attached hydrogens (tertiary/aromatic N) is 5. The number of aromatic nitrogens is 3. The lowest BCUT2D eigenvalue weighted by Crippen LogP contribution is -2.43. The van der Waals surface area contributed by atoms with E-state index in [1.54, 1.807) is 10.7 Å². The number of nitrogens with one attached hydrogen (secondary N) is 1. The zero-order valence-corrected chi connectivity index (χ0v) is 15.4. The molecular formula is C20H22N6O. The van der Waals surface area contributed by atoms with Gasteiger partial charge in [0.2, 0.25) is 0 Å². The largest absolute Gasteiger partial charge is 0.492 e. The fourth-order valence-electron chi connectivity index (χ4n) is 3.25. The van der Waals surface area contributed by atoms with Crippen LogP contribution in [0.15, 0.2) is 36.7 Å². The number of fused-ring (bicyclic) bond motifs is 1. The first-order valence-corrected chi connectivity index (χ1v) is 9.27. The predicted octanol–water partition coefficient (Wildman–Crippen LogP) is 2.47. The molecule has 0 saturated carbocycles. The molecule has 1 fully saturated rings. The molecule has 1 aliphatic rings. The van der Waals surface area contributed by atoms with Gasteiger partial charge in [-0.15, -0.1) is 0 Å². The summed E-state index contributed by atoms with van der Waals surface area (Å²) >= 11 is 0. The molecular weight excluding hydrogens is 340 g/mol. The number of rotatable bonds is 5. The minimum atomic E-state index is 0.550. The van der Waals surface area contributed by atoms with Crippen molar-refractivity contribution < 1.29 is 4.74 Å². The summed E-state index contributed by atoms with van der Waals surface area (Å²) in [6, 6.07) is 10.0. The average molecular weight is 362 g/mol. The van der Waals surface area contributed by atoms with E-state index in [0.717, 1.165) is 55.2 Å². The van der Waals surface area contributed by atoms with E-state index in [1.165, 1.54) is 0 Å². The Labute approximate surface area is 158 Å². The molecule has 138 valence electrons. The summed E-state index contributed by atoms with van der Waals surface area (Å²) in [5.74, 6) is 1.70. The first-order valence-electron chi connectivity index (χ1n) is 9.27. The standard InChI is InChI=1S/C20H22N6O/c1-2-11-27-16-4-5-18-17(12-21)20(24-26(18)14-16)15-3-6-19(23-13-15)25-9-7-22-8-10-25/h3-6,13-14,22H,2,7-11H2,1H3. The van der Waals surface area contributed by atoms with Crippen molar-refractivity contribution in [3.63, 3.8) is 0 Å². The fraction of sp³-hybridized carbons (Fsp3) is 0.350. The van der Waals surface area contributed by atoms with Crippen LogP contribution in [-0.4, -0.2) is 47.4 Å². The molecule has 3 aromatic rings. The van der Waals surface area contributed by atoms with E-state index in [4.69, 9.17) is 4.74 Å². The fourth-order valence-corrected chi connectivity index (χ4v) is 3.25. The first-order chi connectivity index (χ1) is 13.3. The number of hydrogen-bond donors (Lipinski definition) is 1.